The van der Waals surface area contributed by atoms with Crippen molar-refractivity contribution >= 4 is 0 Å². The summed E-state index contributed by atoms with van der Waals surface area (Å²) in [6.45, 7) is 9.48. The monoisotopic (exact) mass is 272 g/mol. The van der Waals surface area contributed by atoms with E-state index >= 15 is 0 Å². The maximum absolute atomic E-state index is 3.67. The van der Waals surface area contributed by atoms with E-state index in [9.17, 15) is 0 Å². The van der Waals surface area contributed by atoms with Crippen LogP contribution in [0.1, 0.15) is 50.2 Å². The van der Waals surface area contributed by atoms with E-state index in [0.717, 1.165) is 12.5 Å². The number of hydrogen-bond donors (Lipinski definition) is 1. The van der Waals surface area contributed by atoms with Crippen LogP contribution < -0.4 is 5.32 Å². The summed E-state index contributed by atoms with van der Waals surface area (Å²) in [6.07, 6.45) is 5.27. The van der Waals surface area contributed by atoms with Gasteiger partial charge in [0.1, 0.15) is 0 Å². The van der Waals surface area contributed by atoms with Crippen molar-refractivity contribution in [2.24, 2.45) is 0 Å². The molecule has 3 rings (SSSR count). The number of fused-ring (bicyclic) bond motifs is 1. The van der Waals surface area contributed by atoms with Gasteiger partial charge >= 0.3 is 0 Å². The molecule has 1 aromatic carbocycles. The van der Waals surface area contributed by atoms with E-state index in [1.807, 2.05) is 0 Å². The Morgan fingerprint density at radius 3 is 3.00 bits per heavy atom. The Morgan fingerprint density at radius 1 is 1.25 bits per heavy atom. The van der Waals surface area contributed by atoms with Gasteiger partial charge in [-0.1, -0.05) is 24.3 Å². The molecule has 20 heavy (non-hydrogen) atoms. The van der Waals surface area contributed by atoms with E-state index in [-0.39, 0.29) is 5.54 Å². The van der Waals surface area contributed by atoms with Gasteiger partial charge in [0, 0.05) is 18.6 Å². The molecule has 2 nitrogen and oxygen atoms in total. The summed E-state index contributed by atoms with van der Waals surface area (Å²) < 4.78 is 0. The summed E-state index contributed by atoms with van der Waals surface area (Å²) in [5.74, 6) is 0.744. The summed E-state index contributed by atoms with van der Waals surface area (Å²) in [5, 5.41) is 3.67. The molecular formula is C18H28N2. The van der Waals surface area contributed by atoms with E-state index in [1.54, 1.807) is 11.1 Å². The molecule has 0 aromatic heterocycles. The first kappa shape index (κ1) is 14.1. The van der Waals surface area contributed by atoms with E-state index < -0.39 is 0 Å². The van der Waals surface area contributed by atoms with Crippen LogP contribution in [-0.4, -0.2) is 36.6 Å². The number of hydrogen-bond acceptors (Lipinski definition) is 2. The molecule has 0 spiro atoms. The maximum atomic E-state index is 3.67. The number of nitrogens with zero attached hydrogens (tertiary/aromatic N) is 1. The van der Waals surface area contributed by atoms with Gasteiger partial charge in [-0.2, -0.15) is 0 Å². The highest BCUT2D eigenvalue weighted by Crippen LogP contribution is 2.32. The molecule has 0 saturated carbocycles. The molecule has 1 aliphatic heterocycles. The van der Waals surface area contributed by atoms with Crippen LogP contribution in [0.25, 0.3) is 0 Å². The van der Waals surface area contributed by atoms with Crippen molar-refractivity contribution in [2.45, 2.75) is 51.0 Å². The zero-order chi connectivity index (χ0) is 14.0. The van der Waals surface area contributed by atoms with E-state index in [0.29, 0.717) is 0 Å². The van der Waals surface area contributed by atoms with Gasteiger partial charge in [-0.05, 0) is 69.7 Å². The van der Waals surface area contributed by atoms with Crippen LogP contribution >= 0.6 is 0 Å². The molecule has 1 aliphatic carbocycles. The van der Waals surface area contributed by atoms with Gasteiger partial charge in [0.15, 0.2) is 0 Å². The number of benzene rings is 1. The number of rotatable bonds is 2. The van der Waals surface area contributed by atoms with Gasteiger partial charge in [-0.25, -0.2) is 0 Å². The third-order valence-electron chi connectivity index (χ3n) is 4.85. The molecule has 2 aliphatic rings. The first-order chi connectivity index (χ1) is 9.64. The largest absolute Gasteiger partial charge is 0.310 e. The van der Waals surface area contributed by atoms with Crippen LogP contribution in [0.4, 0.5) is 0 Å². The highest BCUT2D eigenvalue weighted by molar-refractivity contribution is 5.32. The maximum Gasteiger partial charge on any atom is 0.0252 e. The fraction of sp³-hybridized carbons (Fsp3) is 0.667. The molecule has 0 radical (unpaired) electrons. The predicted octanol–water partition coefficient (Wildman–Crippen LogP) is 3.18. The highest BCUT2D eigenvalue weighted by Gasteiger charge is 2.27. The third kappa shape index (κ3) is 3.24. The first-order valence-corrected chi connectivity index (χ1v) is 8.19. The smallest absolute Gasteiger partial charge is 0.0252 e. The SMILES string of the molecule is CC1(C)CN(CC2CCCc3ccccc32)CCCN1. The Morgan fingerprint density at radius 2 is 2.10 bits per heavy atom. The molecule has 1 unspecified atom stereocenters. The molecule has 0 bridgehead atoms. The van der Waals surface area contributed by atoms with E-state index in [4.69, 9.17) is 0 Å². The first-order valence-electron chi connectivity index (χ1n) is 8.19. The zero-order valence-corrected chi connectivity index (χ0v) is 13.0. The Kier molecular flexibility index (Phi) is 4.13. The summed E-state index contributed by atoms with van der Waals surface area (Å²) in [7, 11) is 0. The van der Waals surface area contributed by atoms with Crippen LogP contribution in [0.15, 0.2) is 24.3 Å². The van der Waals surface area contributed by atoms with Crippen LogP contribution in [0.5, 0.6) is 0 Å². The van der Waals surface area contributed by atoms with Crippen LogP contribution in [0.2, 0.25) is 0 Å². The Hall–Kier alpha value is -0.860. The molecule has 1 saturated heterocycles. The predicted molar refractivity (Wildman–Crippen MR) is 85.3 cm³/mol. The molecule has 1 atom stereocenters. The van der Waals surface area contributed by atoms with Crippen molar-refractivity contribution in [3.05, 3.63) is 35.4 Å². The van der Waals surface area contributed by atoms with Gasteiger partial charge in [0.2, 0.25) is 0 Å². The van der Waals surface area contributed by atoms with Gasteiger partial charge < -0.3 is 10.2 Å². The Bertz CT molecular complexity index is 452. The van der Waals surface area contributed by atoms with Crippen LogP contribution in [0, 0.1) is 0 Å². The third-order valence-corrected chi connectivity index (χ3v) is 4.85. The van der Waals surface area contributed by atoms with Crippen molar-refractivity contribution in [2.75, 3.05) is 26.2 Å². The molecule has 1 heterocycles. The lowest BCUT2D eigenvalue weighted by Gasteiger charge is -2.34. The molecular weight excluding hydrogens is 244 g/mol. The molecule has 1 fully saturated rings. The summed E-state index contributed by atoms with van der Waals surface area (Å²) in [5.41, 5.74) is 3.47. The number of aryl methyl sites for hydroxylation is 1. The lowest BCUT2D eigenvalue weighted by molar-refractivity contribution is 0.213. The fourth-order valence-corrected chi connectivity index (χ4v) is 3.94. The minimum absolute atomic E-state index is 0.255. The van der Waals surface area contributed by atoms with E-state index in [1.165, 1.54) is 45.3 Å². The summed E-state index contributed by atoms with van der Waals surface area (Å²) >= 11 is 0. The quantitative estimate of drug-likeness (QED) is 0.889. The molecule has 1 N–H and O–H groups in total. The van der Waals surface area contributed by atoms with Crippen molar-refractivity contribution in [3.8, 4) is 0 Å². The number of nitrogens with one attached hydrogen (secondary N) is 1. The second-order valence-corrected chi connectivity index (χ2v) is 7.19. The Balaban J connectivity index is 1.72. The normalized spacial score (nSPS) is 26.8. The summed E-state index contributed by atoms with van der Waals surface area (Å²) in [4.78, 5) is 2.69. The van der Waals surface area contributed by atoms with Crippen molar-refractivity contribution < 1.29 is 0 Å². The second kappa shape index (κ2) is 5.87. The minimum atomic E-state index is 0.255. The van der Waals surface area contributed by atoms with Crippen LogP contribution in [-0.2, 0) is 6.42 Å². The van der Waals surface area contributed by atoms with Crippen molar-refractivity contribution in [1.29, 1.82) is 0 Å². The fourth-order valence-electron chi connectivity index (χ4n) is 3.94. The molecule has 0 amide bonds. The van der Waals surface area contributed by atoms with E-state index in [2.05, 4.69) is 48.3 Å². The lowest BCUT2D eigenvalue weighted by atomic mass is 9.82. The summed E-state index contributed by atoms with van der Waals surface area (Å²) in [6, 6.07) is 9.10. The lowest BCUT2D eigenvalue weighted by Crippen LogP contribution is -2.47. The van der Waals surface area contributed by atoms with Gasteiger partial charge in [-0.3, -0.25) is 0 Å². The van der Waals surface area contributed by atoms with Crippen molar-refractivity contribution in [3.63, 3.8) is 0 Å². The highest BCUT2D eigenvalue weighted by atomic mass is 15.2. The zero-order valence-electron chi connectivity index (χ0n) is 13.0. The average Bonchev–Trinajstić information content (AvgIpc) is 2.60. The molecule has 110 valence electrons. The molecule has 2 heteroatoms. The topological polar surface area (TPSA) is 15.3 Å². The van der Waals surface area contributed by atoms with Gasteiger partial charge in [-0.15, -0.1) is 0 Å². The van der Waals surface area contributed by atoms with Gasteiger partial charge in [0.25, 0.3) is 0 Å². The van der Waals surface area contributed by atoms with Crippen molar-refractivity contribution in [1.82, 2.24) is 10.2 Å². The van der Waals surface area contributed by atoms with Crippen LogP contribution in [0.3, 0.4) is 0 Å². The average molecular weight is 272 g/mol. The minimum Gasteiger partial charge on any atom is -0.310 e. The Labute approximate surface area is 123 Å². The molecule has 1 aromatic rings. The van der Waals surface area contributed by atoms with Gasteiger partial charge in [0.05, 0.1) is 0 Å². The second-order valence-electron chi connectivity index (χ2n) is 7.19. The standard InChI is InChI=1S/C18H28N2/c1-18(2)14-20(12-6-11-19-18)13-16-9-5-8-15-7-3-4-10-17(15)16/h3-4,7,10,16,19H,5-6,8-9,11-14H2,1-2H3.